The molecule has 0 spiro atoms. The summed E-state index contributed by atoms with van der Waals surface area (Å²) in [6, 6.07) is 7.24. The van der Waals surface area contributed by atoms with E-state index in [0.29, 0.717) is 17.8 Å². The van der Waals surface area contributed by atoms with Crippen LogP contribution in [0.4, 0.5) is 4.39 Å². The van der Waals surface area contributed by atoms with E-state index in [1.54, 1.807) is 12.1 Å². The standard InChI is InChI=1S/C17H19FN4O2S/c1-2-3-4-14(11-5-7-12(18)8-6-11)21-22-16(24)10-13-9-15(23)20-17(25)19-13/h5-9H,2-4,10H2,1H3,(H,22,24)(H2,19,20,23,25)/b21-14-. The van der Waals surface area contributed by atoms with Gasteiger partial charge in [0.15, 0.2) is 4.77 Å². The molecule has 0 radical (unpaired) electrons. The van der Waals surface area contributed by atoms with Crippen LogP contribution in [0, 0.1) is 10.6 Å². The number of rotatable bonds is 7. The molecule has 0 saturated heterocycles. The predicted molar refractivity (Wildman–Crippen MR) is 96.6 cm³/mol. The maximum Gasteiger partial charge on any atom is 0.251 e. The summed E-state index contributed by atoms with van der Waals surface area (Å²) in [4.78, 5) is 28.6. The molecular weight excluding hydrogens is 343 g/mol. The molecule has 1 heterocycles. The van der Waals surface area contributed by atoms with Crippen molar-refractivity contribution in [3.63, 3.8) is 0 Å². The normalized spacial score (nSPS) is 11.4. The zero-order valence-corrected chi connectivity index (χ0v) is 14.6. The molecule has 1 aromatic heterocycles. The molecule has 0 unspecified atom stereocenters. The van der Waals surface area contributed by atoms with Gasteiger partial charge in [0.25, 0.3) is 5.56 Å². The van der Waals surface area contributed by atoms with E-state index in [0.717, 1.165) is 18.4 Å². The average molecular weight is 362 g/mol. The minimum Gasteiger partial charge on any atom is -0.335 e. The third-order valence-electron chi connectivity index (χ3n) is 3.43. The van der Waals surface area contributed by atoms with E-state index in [1.165, 1.54) is 18.2 Å². The Balaban J connectivity index is 2.10. The number of aromatic nitrogens is 2. The maximum absolute atomic E-state index is 13.1. The molecule has 2 rings (SSSR count). The topological polar surface area (TPSA) is 90.1 Å². The number of carbonyl (C=O) groups is 1. The number of nitrogens with one attached hydrogen (secondary N) is 3. The van der Waals surface area contributed by atoms with Gasteiger partial charge in [-0.15, -0.1) is 0 Å². The van der Waals surface area contributed by atoms with Crippen LogP contribution in [-0.4, -0.2) is 21.6 Å². The van der Waals surface area contributed by atoms with Crippen molar-refractivity contribution in [3.8, 4) is 0 Å². The van der Waals surface area contributed by atoms with E-state index in [2.05, 4.69) is 27.4 Å². The van der Waals surface area contributed by atoms with Gasteiger partial charge in [-0.1, -0.05) is 25.5 Å². The first-order valence-corrected chi connectivity index (χ1v) is 8.32. The van der Waals surface area contributed by atoms with Crippen molar-refractivity contribution in [2.75, 3.05) is 0 Å². The minimum absolute atomic E-state index is 0.0540. The number of H-pyrrole nitrogens is 2. The van der Waals surface area contributed by atoms with Gasteiger partial charge in [-0.05, 0) is 42.8 Å². The Morgan fingerprint density at radius 3 is 2.64 bits per heavy atom. The summed E-state index contributed by atoms with van der Waals surface area (Å²) in [5, 5.41) is 4.17. The monoisotopic (exact) mass is 362 g/mol. The largest absolute Gasteiger partial charge is 0.335 e. The van der Waals surface area contributed by atoms with Crippen LogP contribution in [0.2, 0.25) is 0 Å². The van der Waals surface area contributed by atoms with Gasteiger partial charge in [0.05, 0.1) is 12.1 Å². The number of benzene rings is 1. The Bertz CT molecular complexity index is 843. The molecule has 2 aromatic rings. The van der Waals surface area contributed by atoms with Crippen LogP contribution in [0.1, 0.15) is 37.4 Å². The second-order valence-corrected chi connectivity index (χ2v) is 5.90. The van der Waals surface area contributed by atoms with Gasteiger partial charge < -0.3 is 4.98 Å². The fraction of sp³-hybridized carbons (Fsp3) is 0.294. The molecule has 0 aliphatic rings. The molecule has 0 bridgehead atoms. The quantitative estimate of drug-likeness (QED) is 0.402. The van der Waals surface area contributed by atoms with E-state index in [1.807, 2.05) is 0 Å². The number of aromatic amines is 2. The third kappa shape index (κ3) is 6.07. The molecule has 0 aliphatic heterocycles. The predicted octanol–water partition coefficient (Wildman–Crippen LogP) is 2.82. The van der Waals surface area contributed by atoms with Crippen molar-refractivity contribution >= 4 is 23.8 Å². The molecule has 0 aliphatic carbocycles. The molecule has 3 N–H and O–H groups in total. The fourth-order valence-electron chi connectivity index (χ4n) is 2.21. The number of unbranched alkanes of at least 4 members (excludes halogenated alkanes) is 1. The highest BCUT2D eigenvalue weighted by Gasteiger charge is 2.07. The lowest BCUT2D eigenvalue weighted by Gasteiger charge is -2.07. The first kappa shape index (κ1) is 18.7. The number of hydrogen-bond donors (Lipinski definition) is 3. The van der Waals surface area contributed by atoms with Gasteiger partial charge in [-0.25, -0.2) is 9.82 Å². The molecule has 0 atom stereocenters. The Hall–Kier alpha value is -2.61. The molecule has 0 saturated carbocycles. The molecule has 1 aromatic carbocycles. The summed E-state index contributed by atoms with van der Waals surface area (Å²) in [5.41, 5.74) is 3.94. The third-order valence-corrected chi connectivity index (χ3v) is 3.63. The molecule has 1 amide bonds. The van der Waals surface area contributed by atoms with Gasteiger partial charge in [-0.2, -0.15) is 5.10 Å². The summed E-state index contributed by atoms with van der Waals surface area (Å²) in [7, 11) is 0. The van der Waals surface area contributed by atoms with Crippen molar-refractivity contribution in [1.29, 1.82) is 0 Å². The summed E-state index contributed by atoms with van der Waals surface area (Å²) in [6.07, 6.45) is 2.47. The van der Waals surface area contributed by atoms with Crippen molar-refractivity contribution in [2.24, 2.45) is 5.10 Å². The highest BCUT2D eigenvalue weighted by Crippen LogP contribution is 2.09. The number of hydrazone groups is 1. The second-order valence-electron chi connectivity index (χ2n) is 5.49. The van der Waals surface area contributed by atoms with Crippen molar-refractivity contribution < 1.29 is 9.18 Å². The van der Waals surface area contributed by atoms with Crippen molar-refractivity contribution in [2.45, 2.75) is 32.6 Å². The van der Waals surface area contributed by atoms with E-state index < -0.39 is 0 Å². The average Bonchev–Trinajstić information content (AvgIpc) is 2.55. The van der Waals surface area contributed by atoms with Crippen LogP contribution in [0.25, 0.3) is 0 Å². The lowest BCUT2D eigenvalue weighted by molar-refractivity contribution is -0.120. The Labute approximate surface area is 149 Å². The molecule has 25 heavy (non-hydrogen) atoms. The molecule has 0 fully saturated rings. The fourth-order valence-corrected chi connectivity index (χ4v) is 2.44. The van der Waals surface area contributed by atoms with E-state index >= 15 is 0 Å². The zero-order valence-electron chi connectivity index (χ0n) is 13.8. The van der Waals surface area contributed by atoms with Crippen LogP contribution >= 0.6 is 12.2 Å². The van der Waals surface area contributed by atoms with Crippen LogP contribution < -0.4 is 11.0 Å². The summed E-state index contributed by atoms with van der Waals surface area (Å²) in [5.74, 6) is -0.709. The highest BCUT2D eigenvalue weighted by atomic mass is 32.1. The van der Waals surface area contributed by atoms with Gasteiger partial charge in [0, 0.05) is 11.8 Å². The van der Waals surface area contributed by atoms with Gasteiger partial charge in [-0.3, -0.25) is 14.6 Å². The molecular formula is C17H19FN4O2S. The SMILES string of the molecule is CCCC/C(=N/NC(=O)Cc1cc(=O)[nH]c(=S)[nH]1)c1ccc(F)cc1. The van der Waals surface area contributed by atoms with E-state index in [-0.39, 0.29) is 28.5 Å². The smallest absolute Gasteiger partial charge is 0.251 e. The summed E-state index contributed by atoms with van der Waals surface area (Å²) in [6.45, 7) is 2.05. The van der Waals surface area contributed by atoms with E-state index in [9.17, 15) is 14.0 Å². The van der Waals surface area contributed by atoms with Crippen LogP contribution in [0.15, 0.2) is 40.2 Å². The Kier molecular flexibility index (Phi) is 6.76. The lowest BCUT2D eigenvalue weighted by atomic mass is 10.1. The molecule has 8 heteroatoms. The number of carbonyl (C=O) groups excluding carboxylic acids is 1. The lowest BCUT2D eigenvalue weighted by Crippen LogP contribution is -2.23. The highest BCUT2D eigenvalue weighted by molar-refractivity contribution is 7.71. The number of amides is 1. The van der Waals surface area contributed by atoms with Gasteiger partial charge >= 0.3 is 0 Å². The zero-order chi connectivity index (χ0) is 18.2. The van der Waals surface area contributed by atoms with Crippen LogP contribution in [0.3, 0.4) is 0 Å². The van der Waals surface area contributed by atoms with Gasteiger partial charge in [0.2, 0.25) is 5.91 Å². The Morgan fingerprint density at radius 1 is 1.28 bits per heavy atom. The number of hydrogen-bond acceptors (Lipinski definition) is 4. The Morgan fingerprint density at radius 2 is 2.00 bits per heavy atom. The second kappa shape index (κ2) is 9.03. The van der Waals surface area contributed by atoms with E-state index in [4.69, 9.17) is 12.2 Å². The molecule has 6 nitrogen and oxygen atoms in total. The van der Waals surface area contributed by atoms with Crippen LogP contribution in [-0.2, 0) is 11.2 Å². The van der Waals surface area contributed by atoms with Crippen LogP contribution in [0.5, 0.6) is 0 Å². The summed E-state index contributed by atoms with van der Waals surface area (Å²) >= 11 is 4.87. The summed E-state index contributed by atoms with van der Waals surface area (Å²) < 4.78 is 13.2. The number of nitrogens with zero attached hydrogens (tertiary/aromatic N) is 1. The molecule has 132 valence electrons. The maximum atomic E-state index is 13.1. The minimum atomic E-state index is -0.382. The van der Waals surface area contributed by atoms with Crippen molar-refractivity contribution in [1.82, 2.24) is 15.4 Å². The van der Waals surface area contributed by atoms with Crippen molar-refractivity contribution in [3.05, 3.63) is 62.5 Å². The van der Waals surface area contributed by atoms with Gasteiger partial charge in [0.1, 0.15) is 5.82 Å². The first-order chi connectivity index (χ1) is 12.0. The first-order valence-electron chi connectivity index (χ1n) is 7.92. The number of halogens is 1.